The fourth-order valence-corrected chi connectivity index (χ4v) is 3.77. The SMILES string of the molecule is CN=C(NCc1ccn(-c2ccccc2)n1)N1CCC2(CCOC2)C1.I. The minimum Gasteiger partial charge on any atom is -0.381 e. The van der Waals surface area contributed by atoms with Gasteiger partial charge in [0, 0.05) is 38.4 Å². The molecule has 6 nitrogen and oxygen atoms in total. The number of para-hydroxylation sites is 1. The average molecular weight is 467 g/mol. The number of halogens is 1. The van der Waals surface area contributed by atoms with Crippen LogP contribution < -0.4 is 5.32 Å². The van der Waals surface area contributed by atoms with Gasteiger partial charge in [-0.05, 0) is 31.0 Å². The zero-order valence-corrected chi connectivity index (χ0v) is 17.4. The molecular formula is C19H26IN5O. The number of hydrogen-bond donors (Lipinski definition) is 1. The van der Waals surface area contributed by atoms with Gasteiger partial charge in [-0.1, -0.05) is 18.2 Å². The predicted octanol–water partition coefficient (Wildman–Crippen LogP) is 2.68. The van der Waals surface area contributed by atoms with E-state index in [1.54, 1.807) is 0 Å². The van der Waals surface area contributed by atoms with Crippen molar-refractivity contribution in [2.45, 2.75) is 19.4 Å². The molecular weight excluding hydrogens is 441 g/mol. The predicted molar refractivity (Wildman–Crippen MR) is 113 cm³/mol. The molecule has 1 aromatic carbocycles. The zero-order chi connectivity index (χ0) is 17.1. The summed E-state index contributed by atoms with van der Waals surface area (Å²) in [7, 11) is 1.85. The van der Waals surface area contributed by atoms with Gasteiger partial charge in [-0.15, -0.1) is 24.0 Å². The van der Waals surface area contributed by atoms with E-state index in [1.807, 2.05) is 42.2 Å². The van der Waals surface area contributed by atoms with Crippen LogP contribution >= 0.6 is 24.0 Å². The Bertz CT molecular complexity index is 739. The fraction of sp³-hybridized carbons (Fsp3) is 0.474. The van der Waals surface area contributed by atoms with Crippen LogP contribution in [0.15, 0.2) is 47.6 Å². The highest BCUT2D eigenvalue weighted by atomic mass is 127. The van der Waals surface area contributed by atoms with Crippen molar-refractivity contribution in [2.75, 3.05) is 33.4 Å². The van der Waals surface area contributed by atoms with E-state index in [-0.39, 0.29) is 24.0 Å². The Labute approximate surface area is 171 Å². The molecule has 2 aliphatic heterocycles. The summed E-state index contributed by atoms with van der Waals surface area (Å²) in [6.45, 7) is 4.54. The van der Waals surface area contributed by atoms with E-state index in [9.17, 15) is 0 Å². The summed E-state index contributed by atoms with van der Waals surface area (Å²) in [5.41, 5.74) is 2.41. The van der Waals surface area contributed by atoms with Crippen LogP contribution in [-0.4, -0.2) is 54.0 Å². The number of aromatic nitrogens is 2. The van der Waals surface area contributed by atoms with Crippen LogP contribution in [0.5, 0.6) is 0 Å². The van der Waals surface area contributed by atoms with Crippen LogP contribution in [0.25, 0.3) is 5.69 Å². The molecule has 0 radical (unpaired) electrons. The van der Waals surface area contributed by atoms with Crippen LogP contribution in [0.3, 0.4) is 0 Å². The molecule has 1 atom stereocenters. The van der Waals surface area contributed by atoms with Crippen molar-refractivity contribution in [1.82, 2.24) is 20.0 Å². The van der Waals surface area contributed by atoms with Gasteiger partial charge in [0.25, 0.3) is 0 Å². The first-order valence-corrected chi connectivity index (χ1v) is 8.91. The van der Waals surface area contributed by atoms with Crippen molar-refractivity contribution in [3.8, 4) is 5.69 Å². The number of rotatable bonds is 3. The third-order valence-electron chi connectivity index (χ3n) is 5.23. The molecule has 2 aromatic rings. The quantitative estimate of drug-likeness (QED) is 0.429. The van der Waals surface area contributed by atoms with Crippen LogP contribution in [-0.2, 0) is 11.3 Å². The standard InChI is InChI=1S/C19H25N5O.HI/c1-20-18(23-11-8-19(14-23)9-12-25-15-19)21-13-16-7-10-24(22-16)17-5-3-2-4-6-17;/h2-7,10H,8-9,11-15H2,1H3,(H,20,21);1H. The third kappa shape index (κ3) is 4.03. The highest BCUT2D eigenvalue weighted by molar-refractivity contribution is 14.0. The van der Waals surface area contributed by atoms with Crippen LogP contribution in [0, 0.1) is 5.41 Å². The fourth-order valence-electron chi connectivity index (χ4n) is 3.77. The molecule has 0 saturated carbocycles. The monoisotopic (exact) mass is 467 g/mol. The Morgan fingerprint density at radius 2 is 2.12 bits per heavy atom. The highest BCUT2D eigenvalue weighted by Gasteiger charge is 2.42. The molecule has 2 aliphatic rings. The number of nitrogens with zero attached hydrogens (tertiary/aromatic N) is 4. The van der Waals surface area contributed by atoms with E-state index in [4.69, 9.17) is 4.74 Å². The number of aliphatic imine (C=N–C) groups is 1. The van der Waals surface area contributed by atoms with Crippen molar-refractivity contribution in [3.05, 3.63) is 48.3 Å². The van der Waals surface area contributed by atoms with Gasteiger partial charge < -0.3 is 15.0 Å². The van der Waals surface area contributed by atoms with E-state index in [2.05, 4.69) is 32.4 Å². The lowest BCUT2D eigenvalue weighted by molar-refractivity contribution is 0.156. The van der Waals surface area contributed by atoms with Crippen molar-refractivity contribution in [1.29, 1.82) is 0 Å². The molecule has 26 heavy (non-hydrogen) atoms. The minimum atomic E-state index is 0. The van der Waals surface area contributed by atoms with Gasteiger partial charge >= 0.3 is 0 Å². The van der Waals surface area contributed by atoms with Crippen molar-refractivity contribution in [3.63, 3.8) is 0 Å². The number of benzene rings is 1. The molecule has 0 amide bonds. The summed E-state index contributed by atoms with van der Waals surface area (Å²) < 4.78 is 7.52. The average Bonchev–Trinajstić information content (AvgIpc) is 3.39. The summed E-state index contributed by atoms with van der Waals surface area (Å²) in [6, 6.07) is 12.2. The molecule has 2 saturated heterocycles. The van der Waals surface area contributed by atoms with E-state index in [1.165, 1.54) is 12.8 Å². The Kier molecular flexibility index (Phi) is 6.18. The molecule has 1 spiro atoms. The van der Waals surface area contributed by atoms with E-state index < -0.39 is 0 Å². The van der Waals surface area contributed by atoms with Gasteiger partial charge in [0.1, 0.15) is 0 Å². The Hall–Kier alpha value is -1.61. The van der Waals surface area contributed by atoms with E-state index >= 15 is 0 Å². The first kappa shape index (κ1) is 19.2. The minimum absolute atomic E-state index is 0. The largest absolute Gasteiger partial charge is 0.381 e. The van der Waals surface area contributed by atoms with Gasteiger partial charge in [0.15, 0.2) is 5.96 Å². The molecule has 140 valence electrons. The summed E-state index contributed by atoms with van der Waals surface area (Å²) in [5, 5.41) is 8.10. The molecule has 0 bridgehead atoms. The maximum atomic E-state index is 5.62. The third-order valence-corrected chi connectivity index (χ3v) is 5.23. The molecule has 1 N–H and O–H groups in total. The molecule has 3 heterocycles. The van der Waals surface area contributed by atoms with Crippen LogP contribution in [0.2, 0.25) is 0 Å². The second-order valence-electron chi connectivity index (χ2n) is 6.96. The number of nitrogens with one attached hydrogen (secondary N) is 1. The lowest BCUT2D eigenvalue weighted by Gasteiger charge is -2.24. The summed E-state index contributed by atoms with van der Waals surface area (Å²) in [4.78, 5) is 6.81. The maximum absolute atomic E-state index is 5.62. The number of guanidine groups is 1. The van der Waals surface area contributed by atoms with Gasteiger partial charge in [0.2, 0.25) is 0 Å². The smallest absolute Gasteiger partial charge is 0.193 e. The second kappa shape index (κ2) is 8.39. The molecule has 2 fully saturated rings. The lowest BCUT2D eigenvalue weighted by atomic mass is 9.87. The topological polar surface area (TPSA) is 54.7 Å². The highest BCUT2D eigenvalue weighted by Crippen LogP contribution is 2.38. The summed E-state index contributed by atoms with van der Waals surface area (Å²) >= 11 is 0. The lowest BCUT2D eigenvalue weighted by Crippen LogP contribution is -2.41. The van der Waals surface area contributed by atoms with Crippen molar-refractivity contribution >= 4 is 29.9 Å². The number of ether oxygens (including phenoxy) is 1. The normalized spacial score (nSPS) is 22.7. The van der Waals surface area contributed by atoms with Crippen molar-refractivity contribution in [2.24, 2.45) is 10.4 Å². The van der Waals surface area contributed by atoms with Crippen LogP contribution in [0.4, 0.5) is 0 Å². The molecule has 4 rings (SSSR count). The molecule has 0 aliphatic carbocycles. The Morgan fingerprint density at radius 1 is 1.27 bits per heavy atom. The summed E-state index contributed by atoms with van der Waals surface area (Å²) in [5.74, 6) is 0.957. The molecule has 7 heteroatoms. The van der Waals surface area contributed by atoms with Gasteiger partial charge in [-0.2, -0.15) is 5.10 Å². The van der Waals surface area contributed by atoms with Crippen LogP contribution in [0.1, 0.15) is 18.5 Å². The van der Waals surface area contributed by atoms with E-state index in [0.29, 0.717) is 12.0 Å². The molecule has 1 aromatic heterocycles. The number of hydrogen-bond acceptors (Lipinski definition) is 3. The van der Waals surface area contributed by atoms with Gasteiger partial charge in [0.05, 0.1) is 24.5 Å². The maximum Gasteiger partial charge on any atom is 0.193 e. The second-order valence-corrected chi connectivity index (χ2v) is 6.96. The van der Waals surface area contributed by atoms with E-state index in [0.717, 1.165) is 43.6 Å². The molecule has 1 unspecified atom stereocenters. The van der Waals surface area contributed by atoms with Gasteiger partial charge in [-0.25, -0.2) is 4.68 Å². The zero-order valence-electron chi connectivity index (χ0n) is 15.1. The van der Waals surface area contributed by atoms with Gasteiger partial charge in [-0.3, -0.25) is 4.99 Å². The first-order valence-electron chi connectivity index (χ1n) is 8.91. The number of likely N-dealkylation sites (tertiary alicyclic amines) is 1. The van der Waals surface area contributed by atoms with Crippen molar-refractivity contribution < 1.29 is 4.74 Å². The Morgan fingerprint density at radius 3 is 2.85 bits per heavy atom. The first-order chi connectivity index (χ1) is 12.3. The Balaban J connectivity index is 0.00000196. The summed E-state index contributed by atoms with van der Waals surface area (Å²) in [6.07, 6.45) is 4.36.